The maximum Gasteiger partial charge on any atom is 0.0436 e. The predicted molar refractivity (Wildman–Crippen MR) is 14.9 cm³/mol. The van der Waals surface area contributed by atoms with E-state index in [4.69, 9.17) is 12.0 Å². The summed E-state index contributed by atoms with van der Waals surface area (Å²) in [5.41, 5.74) is 0. The fourth-order valence-electron chi connectivity index (χ4n) is 0. The summed E-state index contributed by atoms with van der Waals surface area (Å²) in [5.74, 6) is 0. The first-order chi connectivity index (χ1) is 1.91. The van der Waals surface area contributed by atoms with Gasteiger partial charge in [0.2, 0.25) is 0 Å². The number of aliphatic hydroxyl groups excluding tert-OH is 1. The van der Waals surface area contributed by atoms with Crippen molar-refractivity contribution >= 4 is 0 Å². The average molecular weight is 57.1 g/mol. The third kappa shape index (κ3) is 1.96. The van der Waals surface area contributed by atoms with Crippen LogP contribution in [0, 0.1) is 6.92 Å². The smallest absolute Gasteiger partial charge is 0.0436 e. The fraction of sp³-hybridized carbons (Fsp3) is 0.667. The first-order valence-corrected chi connectivity index (χ1v) is 1.17. The van der Waals surface area contributed by atoms with E-state index >= 15 is 0 Å². The quantitative estimate of drug-likeness (QED) is 0.447. The van der Waals surface area contributed by atoms with Gasteiger partial charge in [0.15, 0.2) is 0 Å². The van der Waals surface area contributed by atoms with Crippen molar-refractivity contribution in [3.05, 3.63) is 6.92 Å². The highest BCUT2D eigenvalue weighted by Gasteiger charge is 1.58. The van der Waals surface area contributed by atoms with Gasteiger partial charge in [0.25, 0.3) is 0 Å². The fourth-order valence-corrected chi connectivity index (χ4v) is 0. The zero-order chi connectivity index (χ0) is 3.41. The molecule has 0 aromatic heterocycles. The van der Waals surface area contributed by atoms with Gasteiger partial charge in [-0.15, -0.1) is 0 Å². The maximum atomic E-state index is 7.69. The molecule has 0 heterocycles. The van der Waals surface area contributed by atoms with E-state index in [0.717, 1.165) is 0 Å². The molecule has 4 heavy (non-hydrogen) atoms. The van der Waals surface area contributed by atoms with Gasteiger partial charge in [-0.25, -0.2) is 0 Å². The van der Waals surface area contributed by atoms with Crippen LogP contribution in [-0.2, 0) is 0 Å². The van der Waals surface area contributed by atoms with Crippen LogP contribution < -0.4 is 0 Å². The molecule has 0 bridgehead atoms. The molecule has 0 atom stereocenters. The molecule has 1 N–H and O–H groups in total. The molecule has 0 aliphatic heterocycles. The van der Waals surface area contributed by atoms with Crippen LogP contribution in [0.5, 0.6) is 0 Å². The van der Waals surface area contributed by atoms with E-state index in [-0.39, 0.29) is 13.0 Å². The molecule has 0 unspecified atom stereocenters. The molecule has 23 valence electrons. The Morgan fingerprint density at radius 3 is 2.00 bits per heavy atom. The molecule has 1 heteroatoms. The van der Waals surface area contributed by atoms with Crippen molar-refractivity contribution in [3.8, 4) is 0 Å². The highest BCUT2D eigenvalue weighted by Crippen LogP contribution is 1.60. The molecule has 0 aliphatic rings. The lowest BCUT2D eigenvalue weighted by Crippen LogP contribution is -1.70. The average Bonchev–Trinajstić information content (AvgIpc) is 1.37. The summed E-state index contributed by atoms with van der Waals surface area (Å²) in [4.78, 5) is 0. The van der Waals surface area contributed by atoms with Gasteiger partial charge in [-0.3, -0.25) is 0 Å². The molecule has 0 fully saturated rings. The SMILES string of the molecule is [C]CCO. The molecule has 0 spiro atoms. The van der Waals surface area contributed by atoms with Crippen LogP contribution in [0.4, 0.5) is 0 Å². The van der Waals surface area contributed by atoms with Crippen LogP contribution in [0.1, 0.15) is 6.42 Å². The Bertz CT molecular complexity index is 5.25. The molecule has 0 saturated carbocycles. The molecule has 0 aliphatic carbocycles. The Labute approximate surface area is 26.3 Å². The van der Waals surface area contributed by atoms with Crippen LogP contribution in [0.15, 0.2) is 0 Å². The van der Waals surface area contributed by atoms with Gasteiger partial charge < -0.3 is 5.11 Å². The second-order valence-electron chi connectivity index (χ2n) is 0.474. The summed E-state index contributed by atoms with van der Waals surface area (Å²) in [6.45, 7) is 6.19. The molecular weight excluding hydrogens is 52.0 g/mol. The van der Waals surface area contributed by atoms with Crippen LogP contribution >= 0.6 is 0 Å². The minimum atomic E-state index is -0.0139. The van der Waals surface area contributed by atoms with E-state index in [2.05, 4.69) is 0 Å². The highest BCUT2D eigenvalue weighted by atomic mass is 16.2. The predicted octanol–water partition coefficient (Wildman–Crippen LogP) is -0.0431. The van der Waals surface area contributed by atoms with Gasteiger partial charge in [0, 0.05) is 6.61 Å². The molecule has 0 aromatic rings. The van der Waals surface area contributed by atoms with Gasteiger partial charge in [0.1, 0.15) is 0 Å². The summed E-state index contributed by atoms with van der Waals surface area (Å²) in [7, 11) is 0. The molecule has 1 nitrogen and oxygen atoms in total. The maximum absolute atomic E-state index is 7.69. The van der Waals surface area contributed by atoms with Crippen molar-refractivity contribution in [2.24, 2.45) is 0 Å². The van der Waals surface area contributed by atoms with Crippen molar-refractivity contribution in [1.29, 1.82) is 0 Å². The van der Waals surface area contributed by atoms with E-state index in [1.54, 1.807) is 0 Å². The van der Waals surface area contributed by atoms with Crippen LogP contribution in [-0.4, -0.2) is 11.7 Å². The topological polar surface area (TPSA) is 20.2 Å². The van der Waals surface area contributed by atoms with Crippen molar-refractivity contribution < 1.29 is 5.11 Å². The van der Waals surface area contributed by atoms with Crippen molar-refractivity contribution in [1.82, 2.24) is 0 Å². The molecule has 0 rings (SSSR count). The van der Waals surface area contributed by atoms with Crippen LogP contribution in [0.2, 0.25) is 0 Å². The van der Waals surface area contributed by atoms with E-state index < -0.39 is 0 Å². The summed E-state index contributed by atoms with van der Waals surface area (Å²) in [6, 6.07) is 0. The minimum absolute atomic E-state index is 0.0139. The summed E-state index contributed by atoms with van der Waals surface area (Å²) in [5, 5.41) is 7.69. The lowest BCUT2D eigenvalue weighted by molar-refractivity contribution is 0.302. The van der Waals surface area contributed by atoms with Crippen molar-refractivity contribution in [2.45, 2.75) is 6.42 Å². The van der Waals surface area contributed by atoms with Gasteiger partial charge in [-0.2, -0.15) is 0 Å². The Morgan fingerprint density at radius 1 is 1.75 bits per heavy atom. The van der Waals surface area contributed by atoms with Crippen molar-refractivity contribution in [3.63, 3.8) is 0 Å². The van der Waals surface area contributed by atoms with Gasteiger partial charge in [0.05, 0.1) is 0 Å². The summed E-state index contributed by atoms with van der Waals surface area (Å²) < 4.78 is 0. The number of aliphatic hydroxyl groups is 1. The lowest BCUT2D eigenvalue weighted by atomic mass is 10.5. The van der Waals surface area contributed by atoms with E-state index in [1.807, 2.05) is 0 Å². The van der Waals surface area contributed by atoms with Crippen LogP contribution in [0.25, 0.3) is 0 Å². The Balaban J connectivity index is 1.97. The third-order valence-electron chi connectivity index (χ3n) is 0.112. The standard InChI is InChI=1S/C3H5O/c1-2-3-4/h4H,2-3H2. The molecule has 3 radical (unpaired) electrons. The third-order valence-corrected chi connectivity index (χ3v) is 0.112. The summed E-state index contributed by atoms with van der Waals surface area (Å²) in [6.07, 6.45) is 0.125. The Hall–Kier alpha value is -0.0400. The van der Waals surface area contributed by atoms with Gasteiger partial charge >= 0.3 is 0 Å². The van der Waals surface area contributed by atoms with Crippen molar-refractivity contribution in [2.75, 3.05) is 6.61 Å². The first-order valence-electron chi connectivity index (χ1n) is 1.17. The van der Waals surface area contributed by atoms with E-state index in [0.29, 0.717) is 0 Å². The number of rotatable bonds is 1. The monoisotopic (exact) mass is 57.0 g/mol. The zero-order valence-electron chi connectivity index (χ0n) is 2.36. The summed E-state index contributed by atoms with van der Waals surface area (Å²) >= 11 is 0. The highest BCUT2D eigenvalue weighted by molar-refractivity contribution is 4.28. The molecule has 0 saturated heterocycles. The molecule has 0 aromatic carbocycles. The lowest BCUT2D eigenvalue weighted by Gasteiger charge is -1.68. The second kappa shape index (κ2) is 2.96. The molecule has 0 amide bonds. The number of hydrogen-bond donors (Lipinski definition) is 1. The Morgan fingerprint density at radius 2 is 2.00 bits per heavy atom. The van der Waals surface area contributed by atoms with Gasteiger partial charge in [-0.1, -0.05) is 0 Å². The minimum Gasteiger partial charge on any atom is -0.396 e. The zero-order valence-corrected chi connectivity index (χ0v) is 2.36. The van der Waals surface area contributed by atoms with E-state index in [9.17, 15) is 0 Å². The first kappa shape index (κ1) is 3.96. The molecular formula is C3H5O. The normalized spacial score (nSPS) is 7.50. The Kier molecular flexibility index (Phi) is 2.93. The van der Waals surface area contributed by atoms with E-state index in [1.165, 1.54) is 0 Å². The van der Waals surface area contributed by atoms with Gasteiger partial charge in [-0.05, 0) is 13.3 Å². The largest absolute Gasteiger partial charge is 0.396 e. The second-order valence-corrected chi connectivity index (χ2v) is 0.474. The number of hydrogen-bond acceptors (Lipinski definition) is 1. The van der Waals surface area contributed by atoms with Crippen LogP contribution in [0.3, 0.4) is 0 Å².